The van der Waals surface area contributed by atoms with Crippen molar-refractivity contribution in [1.82, 2.24) is 5.32 Å². The Balaban J connectivity index is 1.89. The van der Waals surface area contributed by atoms with Crippen LogP contribution in [0.4, 0.5) is 0 Å². The number of hydrogen-bond acceptors (Lipinski definition) is 3. The van der Waals surface area contributed by atoms with E-state index < -0.39 is 6.10 Å². The van der Waals surface area contributed by atoms with Crippen molar-refractivity contribution in [3.63, 3.8) is 0 Å². The first-order valence-corrected chi connectivity index (χ1v) is 6.28. The molecule has 4 nitrogen and oxygen atoms in total. The molecule has 2 atom stereocenters. The van der Waals surface area contributed by atoms with E-state index in [9.17, 15) is 4.79 Å². The molecule has 1 aliphatic heterocycles. The molecule has 98 valence electrons. The van der Waals surface area contributed by atoms with E-state index in [0.717, 1.165) is 25.0 Å². The second-order valence-electron chi connectivity index (χ2n) is 4.41. The number of hydrogen-bond donors (Lipinski definition) is 1. The summed E-state index contributed by atoms with van der Waals surface area (Å²) in [5.41, 5.74) is 0.866. The van der Waals surface area contributed by atoms with Gasteiger partial charge in [-0.3, -0.25) is 4.79 Å². The van der Waals surface area contributed by atoms with Crippen LogP contribution in [0.25, 0.3) is 0 Å². The summed E-state index contributed by atoms with van der Waals surface area (Å²) in [5.74, 6) is -0.112. The number of methoxy groups -OCH3 is 1. The largest absolute Gasteiger partial charge is 0.376 e. The fraction of sp³-hybridized carbons (Fsp3) is 0.500. The number of ether oxygens (including phenoxy) is 2. The predicted molar refractivity (Wildman–Crippen MR) is 68.2 cm³/mol. The van der Waals surface area contributed by atoms with Crippen LogP contribution in [0, 0.1) is 0 Å². The smallest absolute Gasteiger partial charge is 0.253 e. The SMILES string of the molecule is CO[C@H](C(=O)NC[C@@H]1CCCO1)c1ccccc1. The van der Waals surface area contributed by atoms with E-state index in [1.165, 1.54) is 0 Å². The molecular weight excluding hydrogens is 230 g/mol. The molecule has 0 unspecified atom stereocenters. The lowest BCUT2D eigenvalue weighted by molar-refractivity contribution is -0.131. The lowest BCUT2D eigenvalue weighted by Gasteiger charge is -2.17. The molecule has 0 aromatic heterocycles. The Bertz CT molecular complexity index is 374. The van der Waals surface area contributed by atoms with Crippen LogP contribution in [-0.2, 0) is 14.3 Å². The van der Waals surface area contributed by atoms with Crippen molar-refractivity contribution in [2.24, 2.45) is 0 Å². The minimum atomic E-state index is -0.549. The first-order valence-electron chi connectivity index (χ1n) is 6.28. The molecule has 1 amide bonds. The molecule has 2 rings (SSSR count). The molecule has 1 heterocycles. The molecular formula is C14H19NO3. The summed E-state index contributed by atoms with van der Waals surface area (Å²) in [6.45, 7) is 1.36. The van der Waals surface area contributed by atoms with Gasteiger partial charge in [0.25, 0.3) is 5.91 Å². The average molecular weight is 249 g/mol. The summed E-state index contributed by atoms with van der Waals surface area (Å²) < 4.78 is 10.7. The molecule has 1 aliphatic rings. The van der Waals surface area contributed by atoms with Crippen LogP contribution in [0.15, 0.2) is 30.3 Å². The molecule has 1 aromatic carbocycles. The second kappa shape index (κ2) is 6.52. The Morgan fingerprint density at radius 2 is 2.28 bits per heavy atom. The number of rotatable bonds is 5. The van der Waals surface area contributed by atoms with Crippen LogP contribution >= 0.6 is 0 Å². The number of carbonyl (C=O) groups excluding carboxylic acids is 1. The van der Waals surface area contributed by atoms with Crippen molar-refractivity contribution in [2.75, 3.05) is 20.3 Å². The Morgan fingerprint density at radius 1 is 1.50 bits per heavy atom. The summed E-state index contributed by atoms with van der Waals surface area (Å²) in [4.78, 5) is 12.0. The van der Waals surface area contributed by atoms with Crippen LogP contribution in [0.3, 0.4) is 0 Å². The highest BCUT2D eigenvalue weighted by atomic mass is 16.5. The van der Waals surface area contributed by atoms with Crippen molar-refractivity contribution >= 4 is 5.91 Å². The lowest BCUT2D eigenvalue weighted by atomic mass is 10.1. The summed E-state index contributed by atoms with van der Waals surface area (Å²) in [5, 5.41) is 2.89. The van der Waals surface area contributed by atoms with E-state index in [0.29, 0.717) is 6.54 Å². The van der Waals surface area contributed by atoms with E-state index in [1.54, 1.807) is 7.11 Å². The summed E-state index contributed by atoms with van der Waals surface area (Å²) in [7, 11) is 1.54. The van der Waals surface area contributed by atoms with Crippen molar-refractivity contribution in [2.45, 2.75) is 25.0 Å². The topological polar surface area (TPSA) is 47.6 Å². The minimum absolute atomic E-state index is 0.112. The molecule has 1 aromatic rings. The van der Waals surface area contributed by atoms with Gasteiger partial charge in [-0.15, -0.1) is 0 Å². The van der Waals surface area contributed by atoms with Crippen LogP contribution in [-0.4, -0.2) is 32.3 Å². The fourth-order valence-corrected chi connectivity index (χ4v) is 2.13. The molecule has 1 fully saturated rings. The number of nitrogens with one attached hydrogen (secondary N) is 1. The fourth-order valence-electron chi connectivity index (χ4n) is 2.13. The van der Waals surface area contributed by atoms with Gasteiger partial charge in [-0.1, -0.05) is 30.3 Å². The van der Waals surface area contributed by atoms with Gasteiger partial charge in [0.05, 0.1) is 6.10 Å². The molecule has 0 radical (unpaired) electrons. The molecule has 1 N–H and O–H groups in total. The third-order valence-corrected chi connectivity index (χ3v) is 3.10. The Kier molecular flexibility index (Phi) is 4.73. The van der Waals surface area contributed by atoms with E-state index in [-0.39, 0.29) is 12.0 Å². The van der Waals surface area contributed by atoms with E-state index in [4.69, 9.17) is 9.47 Å². The molecule has 0 bridgehead atoms. The van der Waals surface area contributed by atoms with Gasteiger partial charge in [0, 0.05) is 20.3 Å². The maximum Gasteiger partial charge on any atom is 0.253 e. The van der Waals surface area contributed by atoms with Gasteiger partial charge in [0.1, 0.15) is 0 Å². The highest BCUT2D eigenvalue weighted by Gasteiger charge is 2.22. The summed E-state index contributed by atoms with van der Waals surface area (Å²) in [6.07, 6.45) is 1.70. The van der Waals surface area contributed by atoms with Gasteiger partial charge in [-0.05, 0) is 18.4 Å². The average Bonchev–Trinajstić information content (AvgIpc) is 2.92. The number of amides is 1. The molecule has 0 saturated carbocycles. The first-order chi connectivity index (χ1) is 8.81. The highest BCUT2D eigenvalue weighted by molar-refractivity contribution is 5.82. The van der Waals surface area contributed by atoms with Gasteiger partial charge in [0.2, 0.25) is 0 Å². The third-order valence-electron chi connectivity index (χ3n) is 3.10. The van der Waals surface area contributed by atoms with Crippen LogP contribution < -0.4 is 5.32 Å². The number of carbonyl (C=O) groups is 1. The monoisotopic (exact) mass is 249 g/mol. The maximum absolute atomic E-state index is 12.0. The van der Waals surface area contributed by atoms with Gasteiger partial charge in [0.15, 0.2) is 6.10 Å². The first kappa shape index (κ1) is 13.1. The van der Waals surface area contributed by atoms with Gasteiger partial charge in [-0.25, -0.2) is 0 Å². The van der Waals surface area contributed by atoms with Crippen LogP contribution in [0.2, 0.25) is 0 Å². The Hall–Kier alpha value is -1.39. The standard InChI is InChI=1S/C14H19NO3/c1-17-13(11-6-3-2-4-7-11)14(16)15-10-12-8-5-9-18-12/h2-4,6-7,12-13H,5,8-10H2,1H3,(H,15,16)/t12-,13-/m0/s1. The number of benzene rings is 1. The van der Waals surface area contributed by atoms with Gasteiger partial charge < -0.3 is 14.8 Å². The van der Waals surface area contributed by atoms with Crippen molar-refractivity contribution in [3.8, 4) is 0 Å². The van der Waals surface area contributed by atoms with Crippen molar-refractivity contribution < 1.29 is 14.3 Å². The minimum Gasteiger partial charge on any atom is -0.376 e. The zero-order valence-electron chi connectivity index (χ0n) is 10.6. The zero-order chi connectivity index (χ0) is 12.8. The zero-order valence-corrected chi connectivity index (χ0v) is 10.6. The van der Waals surface area contributed by atoms with E-state index in [1.807, 2.05) is 30.3 Å². The van der Waals surface area contributed by atoms with Crippen molar-refractivity contribution in [3.05, 3.63) is 35.9 Å². The summed E-state index contributed by atoms with van der Waals surface area (Å²) in [6, 6.07) is 9.49. The van der Waals surface area contributed by atoms with Gasteiger partial charge in [-0.2, -0.15) is 0 Å². The van der Waals surface area contributed by atoms with Gasteiger partial charge >= 0.3 is 0 Å². The van der Waals surface area contributed by atoms with Crippen LogP contribution in [0.5, 0.6) is 0 Å². The second-order valence-corrected chi connectivity index (χ2v) is 4.41. The normalized spacial score (nSPS) is 20.6. The third kappa shape index (κ3) is 3.31. The Labute approximate surface area is 107 Å². The van der Waals surface area contributed by atoms with E-state index in [2.05, 4.69) is 5.32 Å². The van der Waals surface area contributed by atoms with Crippen molar-refractivity contribution in [1.29, 1.82) is 0 Å². The lowest BCUT2D eigenvalue weighted by Crippen LogP contribution is -2.35. The molecule has 0 spiro atoms. The van der Waals surface area contributed by atoms with E-state index >= 15 is 0 Å². The summed E-state index contributed by atoms with van der Waals surface area (Å²) >= 11 is 0. The quantitative estimate of drug-likeness (QED) is 0.863. The molecule has 1 saturated heterocycles. The molecule has 0 aliphatic carbocycles. The highest BCUT2D eigenvalue weighted by Crippen LogP contribution is 2.17. The van der Waals surface area contributed by atoms with Crippen LogP contribution in [0.1, 0.15) is 24.5 Å². The molecule has 4 heteroatoms. The Morgan fingerprint density at radius 3 is 2.89 bits per heavy atom. The molecule has 18 heavy (non-hydrogen) atoms. The predicted octanol–water partition coefficient (Wildman–Crippen LogP) is 1.67. The maximum atomic E-state index is 12.0.